The Hall–Kier alpha value is -0.960. The molecule has 1 atom stereocenters. The van der Waals surface area contributed by atoms with E-state index in [2.05, 4.69) is 40.8 Å². The standard InChI is InChI=1S/C13H18N2S/c1-16-12-7-8-13(15-10-12)14-9-11-5-3-2-4-6-11/h2-3,7-8,10-11H,4-6,9H2,1H3,(H,14,15). The molecule has 2 rings (SSSR count). The Morgan fingerprint density at radius 1 is 1.44 bits per heavy atom. The predicted octanol–water partition coefficient (Wildman–Crippen LogP) is 3.57. The van der Waals surface area contributed by atoms with Crippen molar-refractivity contribution in [2.75, 3.05) is 18.1 Å². The van der Waals surface area contributed by atoms with Gasteiger partial charge in [-0.05, 0) is 43.6 Å². The fourth-order valence-electron chi connectivity index (χ4n) is 1.90. The van der Waals surface area contributed by atoms with E-state index in [1.807, 2.05) is 6.20 Å². The summed E-state index contributed by atoms with van der Waals surface area (Å²) in [5.41, 5.74) is 0. The van der Waals surface area contributed by atoms with Crippen molar-refractivity contribution in [3.63, 3.8) is 0 Å². The van der Waals surface area contributed by atoms with Crippen molar-refractivity contribution in [2.24, 2.45) is 5.92 Å². The van der Waals surface area contributed by atoms with Crippen LogP contribution in [0.2, 0.25) is 0 Å². The monoisotopic (exact) mass is 234 g/mol. The van der Waals surface area contributed by atoms with Crippen LogP contribution in [-0.4, -0.2) is 17.8 Å². The van der Waals surface area contributed by atoms with Gasteiger partial charge < -0.3 is 5.32 Å². The quantitative estimate of drug-likeness (QED) is 0.637. The highest BCUT2D eigenvalue weighted by Gasteiger charge is 2.09. The van der Waals surface area contributed by atoms with E-state index in [1.54, 1.807) is 11.8 Å². The van der Waals surface area contributed by atoms with Crippen molar-refractivity contribution in [3.05, 3.63) is 30.5 Å². The number of nitrogens with one attached hydrogen (secondary N) is 1. The van der Waals surface area contributed by atoms with Crippen molar-refractivity contribution in [3.8, 4) is 0 Å². The van der Waals surface area contributed by atoms with Gasteiger partial charge in [-0.2, -0.15) is 0 Å². The summed E-state index contributed by atoms with van der Waals surface area (Å²) in [5.74, 6) is 1.76. The van der Waals surface area contributed by atoms with Crippen LogP contribution in [0.5, 0.6) is 0 Å². The molecule has 1 aliphatic carbocycles. The van der Waals surface area contributed by atoms with Gasteiger partial charge in [0.2, 0.25) is 0 Å². The lowest BCUT2D eigenvalue weighted by Gasteiger charge is -2.18. The average molecular weight is 234 g/mol. The Kier molecular flexibility index (Phi) is 4.28. The molecule has 0 radical (unpaired) electrons. The van der Waals surface area contributed by atoms with E-state index in [9.17, 15) is 0 Å². The molecule has 16 heavy (non-hydrogen) atoms. The van der Waals surface area contributed by atoms with Crippen molar-refractivity contribution in [2.45, 2.75) is 24.2 Å². The molecule has 86 valence electrons. The van der Waals surface area contributed by atoms with Crippen LogP contribution < -0.4 is 5.32 Å². The summed E-state index contributed by atoms with van der Waals surface area (Å²) in [6.07, 6.45) is 12.3. The molecule has 0 saturated carbocycles. The average Bonchev–Trinajstić information content (AvgIpc) is 2.38. The highest BCUT2D eigenvalue weighted by atomic mass is 32.2. The number of pyridine rings is 1. The van der Waals surface area contributed by atoms with E-state index in [4.69, 9.17) is 0 Å². The lowest BCUT2D eigenvalue weighted by Crippen LogP contribution is -2.15. The molecule has 0 amide bonds. The van der Waals surface area contributed by atoms with Crippen LogP contribution in [0.3, 0.4) is 0 Å². The molecule has 1 aromatic heterocycles. The normalized spacial score (nSPS) is 19.7. The van der Waals surface area contributed by atoms with Gasteiger partial charge in [0.05, 0.1) is 0 Å². The minimum absolute atomic E-state index is 0.770. The predicted molar refractivity (Wildman–Crippen MR) is 71.0 cm³/mol. The Bertz CT molecular complexity index is 345. The molecular weight excluding hydrogens is 216 g/mol. The van der Waals surface area contributed by atoms with Crippen molar-refractivity contribution in [1.29, 1.82) is 0 Å². The smallest absolute Gasteiger partial charge is 0.125 e. The zero-order chi connectivity index (χ0) is 11.2. The number of anilines is 1. The van der Waals surface area contributed by atoms with Gasteiger partial charge in [-0.1, -0.05) is 12.2 Å². The second-order valence-corrected chi connectivity index (χ2v) is 4.99. The molecule has 1 unspecified atom stereocenters. The SMILES string of the molecule is CSc1ccc(NCC2CC=CCC2)nc1. The molecule has 1 aliphatic rings. The van der Waals surface area contributed by atoms with Crippen molar-refractivity contribution < 1.29 is 0 Å². The number of rotatable bonds is 4. The summed E-state index contributed by atoms with van der Waals surface area (Å²) in [7, 11) is 0. The minimum Gasteiger partial charge on any atom is -0.370 e. The maximum atomic E-state index is 4.38. The number of hydrogen-bond acceptors (Lipinski definition) is 3. The van der Waals surface area contributed by atoms with Crippen molar-refractivity contribution in [1.82, 2.24) is 4.98 Å². The maximum absolute atomic E-state index is 4.38. The molecule has 1 aromatic rings. The van der Waals surface area contributed by atoms with E-state index < -0.39 is 0 Å². The Labute approximate surface area is 102 Å². The van der Waals surface area contributed by atoms with Crippen LogP contribution in [-0.2, 0) is 0 Å². The first kappa shape index (κ1) is 11.5. The topological polar surface area (TPSA) is 24.9 Å². The molecular formula is C13H18N2S. The van der Waals surface area contributed by atoms with Gasteiger partial charge >= 0.3 is 0 Å². The van der Waals surface area contributed by atoms with E-state index in [-0.39, 0.29) is 0 Å². The number of thioether (sulfide) groups is 1. The van der Waals surface area contributed by atoms with Gasteiger partial charge in [0, 0.05) is 17.6 Å². The summed E-state index contributed by atoms with van der Waals surface area (Å²) in [6.45, 7) is 1.04. The first-order valence-corrected chi connectivity index (χ1v) is 7.00. The second-order valence-electron chi connectivity index (χ2n) is 4.11. The molecule has 1 heterocycles. The van der Waals surface area contributed by atoms with E-state index in [0.29, 0.717) is 0 Å². The zero-order valence-electron chi connectivity index (χ0n) is 9.65. The summed E-state index contributed by atoms with van der Waals surface area (Å²) in [4.78, 5) is 5.60. The van der Waals surface area contributed by atoms with Crippen LogP contribution in [0, 0.1) is 5.92 Å². The number of nitrogens with zero attached hydrogens (tertiary/aromatic N) is 1. The van der Waals surface area contributed by atoms with Gasteiger partial charge in [0.1, 0.15) is 5.82 Å². The van der Waals surface area contributed by atoms with Gasteiger partial charge in [0.25, 0.3) is 0 Å². The lowest BCUT2D eigenvalue weighted by molar-refractivity contribution is 0.503. The summed E-state index contributed by atoms with van der Waals surface area (Å²) in [6, 6.07) is 4.17. The Morgan fingerprint density at radius 2 is 2.38 bits per heavy atom. The Morgan fingerprint density at radius 3 is 3.00 bits per heavy atom. The fourth-order valence-corrected chi connectivity index (χ4v) is 2.26. The van der Waals surface area contributed by atoms with Gasteiger partial charge in [0.15, 0.2) is 0 Å². The molecule has 1 N–H and O–H groups in total. The molecule has 2 nitrogen and oxygen atoms in total. The number of hydrogen-bond donors (Lipinski definition) is 1. The van der Waals surface area contributed by atoms with Gasteiger partial charge in [-0.25, -0.2) is 4.98 Å². The third-order valence-corrected chi connectivity index (χ3v) is 3.63. The minimum atomic E-state index is 0.770. The highest BCUT2D eigenvalue weighted by molar-refractivity contribution is 7.98. The molecule has 0 fully saturated rings. The number of allylic oxidation sites excluding steroid dienone is 2. The molecule has 3 heteroatoms. The summed E-state index contributed by atoms with van der Waals surface area (Å²) >= 11 is 1.72. The van der Waals surface area contributed by atoms with Crippen LogP contribution in [0.1, 0.15) is 19.3 Å². The van der Waals surface area contributed by atoms with Crippen LogP contribution >= 0.6 is 11.8 Å². The largest absolute Gasteiger partial charge is 0.370 e. The van der Waals surface area contributed by atoms with E-state index >= 15 is 0 Å². The highest BCUT2D eigenvalue weighted by Crippen LogP contribution is 2.19. The second kappa shape index (κ2) is 5.94. The fraction of sp³-hybridized carbons (Fsp3) is 0.462. The molecule has 0 bridgehead atoms. The third-order valence-electron chi connectivity index (χ3n) is 2.92. The summed E-state index contributed by atoms with van der Waals surface area (Å²) < 4.78 is 0. The molecule has 0 spiro atoms. The van der Waals surface area contributed by atoms with Gasteiger partial charge in [-0.15, -0.1) is 11.8 Å². The molecule has 0 aliphatic heterocycles. The first-order valence-electron chi connectivity index (χ1n) is 5.77. The third kappa shape index (κ3) is 3.27. The number of aromatic nitrogens is 1. The summed E-state index contributed by atoms with van der Waals surface area (Å²) in [5, 5.41) is 3.41. The van der Waals surface area contributed by atoms with Gasteiger partial charge in [-0.3, -0.25) is 0 Å². The van der Waals surface area contributed by atoms with E-state index in [0.717, 1.165) is 18.3 Å². The lowest BCUT2D eigenvalue weighted by atomic mass is 9.94. The van der Waals surface area contributed by atoms with Crippen LogP contribution in [0.25, 0.3) is 0 Å². The first-order chi connectivity index (χ1) is 7.88. The zero-order valence-corrected chi connectivity index (χ0v) is 10.5. The Balaban J connectivity index is 1.82. The molecule has 0 saturated heterocycles. The van der Waals surface area contributed by atoms with Crippen LogP contribution in [0.15, 0.2) is 35.4 Å². The maximum Gasteiger partial charge on any atom is 0.125 e. The van der Waals surface area contributed by atoms with Crippen molar-refractivity contribution >= 4 is 17.6 Å². The van der Waals surface area contributed by atoms with E-state index in [1.165, 1.54) is 24.2 Å². The van der Waals surface area contributed by atoms with Crippen LogP contribution in [0.4, 0.5) is 5.82 Å². The molecule has 0 aromatic carbocycles.